The molecule has 1 heterocycles. The van der Waals surface area contributed by atoms with Crippen LogP contribution < -0.4 is 5.32 Å². The van der Waals surface area contributed by atoms with Crippen LogP contribution in [0.4, 0.5) is 4.39 Å². The standard InChI is InChI=1S/C15H21BrFNO/c1-2-3-14-9-13(6-7-19-14)18-10-11-8-12(17)4-5-15(11)16/h4-5,8,13-14,18H,2-3,6-7,9-10H2,1H3. The molecule has 1 fully saturated rings. The summed E-state index contributed by atoms with van der Waals surface area (Å²) in [7, 11) is 0. The first-order valence-electron chi connectivity index (χ1n) is 6.98. The van der Waals surface area contributed by atoms with Crippen LogP contribution in [0.25, 0.3) is 0 Å². The Bertz CT molecular complexity index is 411. The molecular weight excluding hydrogens is 309 g/mol. The second-order valence-electron chi connectivity index (χ2n) is 5.12. The Kier molecular flexibility index (Phi) is 5.79. The summed E-state index contributed by atoms with van der Waals surface area (Å²) in [5, 5.41) is 3.52. The fourth-order valence-corrected chi connectivity index (χ4v) is 2.91. The first kappa shape index (κ1) is 14.9. The van der Waals surface area contributed by atoms with Crippen molar-refractivity contribution >= 4 is 15.9 Å². The van der Waals surface area contributed by atoms with E-state index in [1.807, 2.05) is 0 Å². The molecule has 0 aliphatic carbocycles. The predicted molar refractivity (Wildman–Crippen MR) is 78.6 cm³/mol. The summed E-state index contributed by atoms with van der Waals surface area (Å²) in [5.74, 6) is -0.184. The minimum Gasteiger partial charge on any atom is -0.378 e. The molecule has 2 unspecified atom stereocenters. The van der Waals surface area contributed by atoms with Gasteiger partial charge in [0.05, 0.1) is 6.10 Å². The van der Waals surface area contributed by atoms with Crippen LogP contribution in [0.3, 0.4) is 0 Å². The van der Waals surface area contributed by atoms with Crippen LogP contribution in [-0.2, 0) is 11.3 Å². The molecule has 1 aromatic rings. The van der Waals surface area contributed by atoms with E-state index in [0.717, 1.165) is 42.3 Å². The van der Waals surface area contributed by atoms with Gasteiger partial charge in [0.25, 0.3) is 0 Å². The zero-order valence-electron chi connectivity index (χ0n) is 11.3. The Hall–Kier alpha value is -0.450. The van der Waals surface area contributed by atoms with Gasteiger partial charge in [-0.15, -0.1) is 0 Å². The largest absolute Gasteiger partial charge is 0.378 e. The minimum atomic E-state index is -0.184. The molecule has 2 nitrogen and oxygen atoms in total. The number of benzene rings is 1. The number of rotatable bonds is 5. The van der Waals surface area contributed by atoms with Crippen LogP contribution in [-0.4, -0.2) is 18.8 Å². The Morgan fingerprint density at radius 3 is 3.11 bits per heavy atom. The lowest BCUT2D eigenvalue weighted by Crippen LogP contribution is -2.38. The van der Waals surface area contributed by atoms with E-state index in [0.29, 0.717) is 18.7 Å². The Morgan fingerprint density at radius 1 is 1.47 bits per heavy atom. The number of nitrogens with one attached hydrogen (secondary N) is 1. The van der Waals surface area contributed by atoms with Gasteiger partial charge in [0.15, 0.2) is 0 Å². The third-order valence-corrected chi connectivity index (χ3v) is 4.34. The van der Waals surface area contributed by atoms with E-state index in [9.17, 15) is 4.39 Å². The highest BCUT2D eigenvalue weighted by Crippen LogP contribution is 2.21. The van der Waals surface area contributed by atoms with Crippen molar-refractivity contribution in [3.63, 3.8) is 0 Å². The molecule has 1 saturated heterocycles. The van der Waals surface area contributed by atoms with Crippen molar-refractivity contribution in [3.05, 3.63) is 34.1 Å². The molecule has 0 bridgehead atoms. The van der Waals surface area contributed by atoms with Gasteiger partial charge >= 0.3 is 0 Å². The monoisotopic (exact) mass is 329 g/mol. The van der Waals surface area contributed by atoms with Crippen molar-refractivity contribution in [2.45, 2.75) is 51.3 Å². The number of hydrogen-bond donors (Lipinski definition) is 1. The topological polar surface area (TPSA) is 21.3 Å². The van der Waals surface area contributed by atoms with Crippen LogP contribution in [0, 0.1) is 5.82 Å². The molecule has 4 heteroatoms. The quantitative estimate of drug-likeness (QED) is 0.880. The summed E-state index contributed by atoms with van der Waals surface area (Å²) in [6.45, 7) is 3.71. The van der Waals surface area contributed by atoms with Crippen LogP contribution in [0.2, 0.25) is 0 Å². The van der Waals surface area contributed by atoms with Gasteiger partial charge in [0.1, 0.15) is 5.82 Å². The Balaban J connectivity index is 1.86. The first-order valence-corrected chi connectivity index (χ1v) is 7.77. The van der Waals surface area contributed by atoms with Crippen molar-refractivity contribution in [1.29, 1.82) is 0 Å². The smallest absolute Gasteiger partial charge is 0.123 e. The van der Waals surface area contributed by atoms with Gasteiger partial charge in [-0.2, -0.15) is 0 Å². The summed E-state index contributed by atoms with van der Waals surface area (Å²) in [4.78, 5) is 0. The predicted octanol–water partition coefficient (Wildman–Crippen LogP) is 4.03. The lowest BCUT2D eigenvalue weighted by molar-refractivity contribution is -0.00343. The zero-order valence-corrected chi connectivity index (χ0v) is 12.9. The van der Waals surface area contributed by atoms with E-state index >= 15 is 0 Å². The molecule has 0 aromatic heterocycles. The lowest BCUT2D eigenvalue weighted by atomic mass is 10.00. The van der Waals surface area contributed by atoms with E-state index in [1.54, 1.807) is 12.1 Å². The summed E-state index contributed by atoms with van der Waals surface area (Å²) < 4.78 is 19.9. The molecule has 106 valence electrons. The molecule has 1 N–H and O–H groups in total. The minimum absolute atomic E-state index is 0.184. The number of hydrogen-bond acceptors (Lipinski definition) is 2. The Morgan fingerprint density at radius 2 is 2.32 bits per heavy atom. The van der Waals surface area contributed by atoms with Gasteiger partial charge in [0.2, 0.25) is 0 Å². The normalized spacial score (nSPS) is 23.5. The average Bonchev–Trinajstić information content (AvgIpc) is 2.41. The van der Waals surface area contributed by atoms with Crippen LogP contribution in [0.1, 0.15) is 38.2 Å². The molecule has 2 atom stereocenters. The van der Waals surface area contributed by atoms with E-state index in [4.69, 9.17) is 4.74 Å². The molecule has 19 heavy (non-hydrogen) atoms. The van der Waals surface area contributed by atoms with Gasteiger partial charge in [0, 0.05) is 23.7 Å². The molecule has 0 radical (unpaired) electrons. The zero-order chi connectivity index (χ0) is 13.7. The summed E-state index contributed by atoms with van der Waals surface area (Å²) in [5.41, 5.74) is 0.971. The summed E-state index contributed by atoms with van der Waals surface area (Å²) >= 11 is 3.46. The molecule has 1 aliphatic heterocycles. The molecule has 0 spiro atoms. The second-order valence-corrected chi connectivity index (χ2v) is 5.97. The molecule has 0 saturated carbocycles. The van der Waals surface area contributed by atoms with Crippen molar-refractivity contribution < 1.29 is 9.13 Å². The van der Waals surface area contributed by atoms with Crippen LogP contribution in [0.5, 0.6) is 0 Å². The van der Waals surface area contributed by atoms with Crippen LogP contribution in [0.15, 0.2) is 22.7 Å². The Labute approximate surface area is 122 Å². The molecule has 1 aromatic carbocycles. The SMILES string of the molecule is CCCC1CC(NCc2cc(F)ccc2Br)CCO1. The lowest BCUT2D eigenvalue weighted by Gasteiger charge is -2.30. The third-order valence-electron chi connectivity index (χ3n) is 3.57. The average molecular weight is 330 g/mol. The van der Waals surface area contributed by atoms with E-state index in [1.165, 1.54) is 6.07 Å². The van der Waals surface area contributed by atoms with Crippen LogP contribution >= 0.6 is 15.9 Å². The maximum absolute atomic E-state index is 13.2. The summed E-state index contributed by atoms with van der Waals surface area (Å²) in [6, 6.07) is 5.29. The molecular formula is C15H21BrFNO. The number of halogens is 2. The maximum atomic E-state index is 13.2. The van der Waals surface area contributed by atoms with Gasteiger partial charge in [-0.25, -0.2) is 4.39 Å². The second kappa shape index (κ2) is 7.36. The molecule has 1 aliphatic rings. The van der Waals surface area contributed by atoms with E-state index in [-0.39, 0.29) is 5.82 Å². The maximum Gasteiger partial charge on any atom is 0.123 e. The van der Waals surface area contributed by atoms with Crippen molar-refractivity contribution in [3.8, 4) is 0 Å². The number of ether oxygens (including phenoxy) is 1. The van der Waals surface area contributed by atoms with Gasteiger partial charge in [-0.1, -0.05) is 29.3 Å². The van der Waals surface area contributed by atoms with Gasteiger partial charge < -0.3 is 10.1 Å². The first-order chi connectivity index (χ1) is 9.19. The highest BCUT2D eigenvalue weighted by atomic mass is 79.9. The molecule has 0 amide bonds. The molecule has 2 rings (SSSR count). The highest BCUT2D eigenvalue weighted by molar-refractivity contribution is 9.10. The van der Waals surface area contributed by atoms with Gasteiger partial charge in [-0.05, 0) is 43.0 Å². The van der Waals surface area contributed by atoms with Gasteiger partial charge in [-0.3, -0.25) is 0 Å². The van der Waals surface area contributed by atoms with Crippen molar-refractivity contribution in [1.82, 2.24) is 5.32 Å². The van der Waals surface area contributed by atoms with Crippen molar-refractivity contribution in [2.75, 3.05) is 6.61 Å². The van der Waals surface area contributed by atoms with Crippen molar-refractivity contribution in [2.24, 2.45) is 0 Å². The summed E-state index contributed by atoms with van der Waals surface area (Å²) in [6.07, 6.45) is 4.76. The highest BCUT2D eigenvalue weighted by Gasteiger charge is 2.21. The fourth-order valence-electron chi connectivity index (χ4n) is 2.52. The van der Waals surface area contributed by atoms with E-state index < -0.39 is 0 Å². The third kappa shape index (κ3) is 4.55. The van der Waals surface area contributed by atoms with E-state index in [2.05, 4.69) is 28.2 Å². The fraction of sp³-hybridized carbons (Fsp3) is 0.600.